The molecule has 0 radical (unpaired) electrons. The second kappa shape index (κ2) is 4.67. The van der Waals surface area contributed by atoms with Crippen LogP contribution in [0.15, 0.2) is 0 Å². The van der Waals surface area contributed by atoms with Gasteiger partial charge in [0.15, 0.2) is 0 Å². The van der Waals surface area contributed by atoms with Gasteiger partial charge >= 0.3 is 6.18 Å². The van der Waals surface area contributed by atoms with Crippen LogP contribution in [0, 0.1) is 5.41 Å². The minimum Gasteiger partial charge on any atom is -0.371 e. The van der Waals surface area contributed by atoms with Gasteiger partial charge in [0, 0.05) is 5.41 Å². The average Bonchev–Trinajstić information content (AvgIpc) is 1.75. The van der Waals surface area contributed by atoms with E-state index in [-0.39, 0.29) is 6.61 Å². The Labute approximate surface area is 86.6 Å². The fourth-order valence-corrected chi connectivity index (χ4v) is 2.20. The van der Waals surface area contributed by atoms with Crippen LogP contribution >= 0.6 is 0 Å². The number of hydrogen-bond donors (Lipinski definition) is 1. The van der Waals surface area contributed by atoms with E-state index in [9.17, 15) is 21.6 Å². The van der Waals surface area contributed by atoms with Gasteiger partial charge in [0.25, 0.3) is 0 Å². The van der Waals surface area contributed by atoms with Gasteiger partial charge < -0.3 is 4.74 Å². The topological polar surface area (TPSA) is 69.4 Å². The van der Waals surface area contributed by atoms with Crippen molar-refractivity contribution in [3.8, 4) is 0 Å². The predicted molar refractivity (Wildman–Crippen MR) is 48.6 cm³/mol. The number of sulfonamides is 1. The summed E-state index contributed by atoms with van der Waals surface area (Å²) in [5, 5.41) is 4.77. The molecule has 92 valence electrons. The molecule has 8 heteroatoms. The summed E-state index contributed by atoms with van der Waals surface area (Å²) in [6.07, 6.45) is -4.41. The smallest absolute Gasteiger partial charge is 0.371 e. The van der Waals surface area contributed by atoms with Gasteiger partial charge in [-0.05, 0) is 0 Å². The number of primary sulfonamides is 1. The van der Waals surface area contributed by atoms with E-state index >= 15 is 0 Å². The molecule has 0 amide bonds. The largest absolute Gasteiger partial charge is 0.411 e. The van der Waals surface area contributed by atoms with Gasteiger partial charge in [0.2, 0.25) is 10.0 Å². The normalized spacial score (nSPS) is 14.3. The molecule has 4 nitrogen and oxygen atoms in total. The van der Waals surface area contributed by atoms with Crippen molar-refractivity contribution in [3.05, 3.63) is 0 Å². The molecule has 15 heavy (non-hydrogen) atoms. The highest BCUT2D eigenvalue weighted by Gasteiger charge is 2.30. The van der Waals surface area contributed by atoms with Crippen molar-refractivity contribution in [2.24, 2.45) is 10.6 Å². The van der Waals surface area contributed by atoms with Crippen molar-refractivity contribution in [3.63, 3.8) is 0 Å². The summed E-state index contributed by atoms with van der Waals surface area (Å²) in [6.45, 7) is 1.23. The van der Waals surface area contributed by atoms with E-state index in [1.807, 2.05) is 0 Å². The fourth-order valence-electron chi connectivity index (χ4n) is 1.03. The van der Waals surface area contributed by atoms with Crippen LogP contribution in [-0.2, 0) is 14.8 Å². The minimum atomic E-state index is -4.41. The summed E-state index contributed by atoms with van der Waals surface area (Å²) in [7, 11) is -3.71. The molecule has 0 aromatic heterocycles. The number of hydrogen-bond acceptors (Lipinski definition) is 3. The molecule has 0 saturated heterocycles. The SMILES string of the molecule is CC(C)(COCC(F)(F)F)CS(N)(=O)=O. The molecular weight excluding hydrogens is 235 g/mol. The first-order chi connectivity index (χ1) is 6.41. The Morgan fingerprint density at radius 2 is 1.67 bits per heavy atom. The number of halogens is 3. The summed E-state index contributed by atoms with van der Waals surface area (Å²) < 4.78 is 60.9. The Morgan fingerprint density at radius 3 is 2.00 bits per heavy atom. The third-order valence-corrected chi connectivity index (χ3v) is 2.53. The lowest BCUT2D eigenvalue weighted by atomic mass is 9.98. The molecule has 0 fully saturated rings. The van der Waals surface area contributed by atoms with E-state index in [2.05, 4.69) is 4.74 Å². The molecule has 0 aliphatic carbocycles. The zero-order chi connectivity index (χ0) is 12.3. The quantitative estimate of drug-likeness (QED) is 0.786. The van der Waals surface area contributed by atoms with Gasteiger partial charge in [-0.25, -0.2) is 13.6 Å². The molecule has 0 spiro atoms. The molecule has 0 aromatic carbocycles. The van der Waals surface area contributed by atoms with Crippen molar-refractivity contribution in [2.75, 3.05) is 19.0 Å². The van der Waals surface area contributed by atoms with Gasteiger partial charge in [0.1, 0.15) is 6.61 Å². The van der Waals surface area contributed by atoms with Gasteiger partial charge in [0.05, 0.1) is 12.4 Å². The third-order valence-electron chi connectivity index (χ3n) is 1.35. The first kappa shape index (κ1) is 14.7. The Balaban J connectivity index is 4.06. The maximum atomic E-state index is 11.7. The van der Waals surface area contributed by atoms with Crippen molar-refractivity contribution < 1.29 is 26.3 Å². The molecule has 0 aromatic rings. The molecule has 0 heterocycles. The molecule has 0 unspecified atom stereocenters. The summed E-state index contributed by atoms with van der Waals surface area (Å²) in [6, 6.07) is 0. The molecule has 2 N–H and O–H groups in total. The summed E-state index contributed by atoms with van der Waals surface area (Å²) in [5.41, 5.74) is -0.932. The Bertz CT molecular complexity index is 297. The number of nitrogens with two attached hydrogens (primary N) is 1. The minimum absolute atomic E-state index is 0.317. The summed E-state index contributed by atoms with van der Waals surface area (Å²) in [5.74, 6) is -0.419. The third kappa shape index (κ3) is 9.95. The van der Waals surface area contributed by atoms with Crippen LogP contribution in [0.4, 0.5) is 13.2 Å². The van der Waals surface area contributed by atoms with Crippen LogP contribution in [0.3, 0.4) is 0 Å². The molecule has 0 aliphatic heterocycles. The maximum absolute atomic E-state index is 11.7. The van der Waals surface area contributed by atoms with Crippen molar-refractivity contribution >= 4 is 10.0 Å². The zero-order valence-electron chi connectivity index (χ0n) is 8.47. The monoisotopic (exact) mass is 249 g/mol. The summed E-state index contributed by atoms with van der Waals surface area (Å²) >= 11 is 0. The van der Waals surface area contributed by atoms with Gasteiger partial charge in [-0.2, -0.15) is 13.2 Å². The van der Waals surface area contributed by atoms with Crippen molar-refractivity contribution in [1.29, 1.82) is 0 Å². The predicted octanol–water partition coefficient (Wildman–Crippen LogP) is 0.880. The molecule has 0 aliphatic rings. The lowest BCUT2D eigenvalue weighted by Gasteiger charge is -2.23. The maximum Gasteiger partial charge on any atom is 0.411 e. The van der Waals surface area contributed by atoms with Gasteiger partial charge in [-0.3, -0.25) is 0 Å². The second-order valence-electron chi connectivity index (χ2n) is 4.08. The highest BCUT2D eigenvalue weighted by atomic mass is 32.2. The van der Waals surface area contributed by atoms with Crippen LogP contribution in [-0.4, -0.2) is 33.6 Å². The number of ether oxygens (including phenoxy) is 1. The highest BCUT2D eigenvalue weighted by Crippen LogP contribution is 2.20. The van der Waals surface area contributed by atoms with Gasteiger partial charge in [-0.15, -0.1) is 0 Å². The molecule has 0 atom stereocenters. The van der Waals surface area contributed by atoms with Crippen LogP contribution in [0.5, 0.6) is 0 Å². The number of alkyl halides is 3. The second-order valence-corrected chi connectivity index (χ2v) is 5.69. The van der Waals surface area contributed by atoms with E-state index in [1.165, 1.54) is 13.8 Å². The average molecular weight is 249 g/mol. The van der Waals surface area contributed by atoms with Crippen molar-refractivity contribution in [2.45, 2.75) is 20.0 Å². The van der Waals surface area contributed by atoms with E-state index in [0.29, 0.717) is 0 Å². The first-order valence-corrected chi connectivity index (χ1v) is 5.78. The van der Waals surface area contributed by atoms with Crippen LogP contribution in [0.25, 0.3) is 0 Å². The van der Waals surface area contributed by atoms with Crippen molar-refractivity contribution in [1.82, 2.24) is 0 Å². The lowest BCUT2D eigenvalue weighted by Crippen LogP contribution is -2.33. The zero-order valence-corrected chi connectivity index (χ0v) is 9.28. The van der Waals surface area contributed by atoms with E-state index < -0.39 is 34.0 Å². The number of rotatable bonds is 5. The van der Waals surface area contributed by atoms with E-state index in [0.717, 1.165) is 0 Å². The van der Waals surface area contributed by atoms with Crippen LogP contribution in [0.1, 0.15) is 13.8 Å². The van der Waals surface area contributed by atoms with E-state index in [4.69, 9.17) is 5.14 Å². The van der Waals surface area contributed by atoms with E-state index in [1.54, 1.807) is 0 Å². The van der Waals surface area contributed by atoms with Crippen LogP contribution < -0.4 is 5.14 Å². The van der Waals surface area contributed by atoms with Gasteiger partial charge in [-0.1, -0.05) is 13.8 Å². The van der Waals surface area contributed by atoms with Crippen LogP contribution in [0.2, 0.25) is 0 Å². The summed E-state index contributed by atoms with van der Waals surface area (Å²) in [4.78, 5) is 0. The fraction of sp³-hybridized carbons (Fsp3) is 1.00. The lowest BCUT2D eigenvalue weighted by molar-refractivity contribution is -0.178. The Hall–Kier alpha value is -0.340. The molecule has 0 saturated carbocycles. The Morgan fingerprint density at radius 1 is 1.20 bits per heavy atom. The first-order valence-electron chi connectivity index (χ1n) is 4.06. The standard InChI is InChI=1S/C7H14F3NO3S/c1-6(2,5-15(11,12)13)3-14-4-7(8,9)10/h3-5H2,1-2H3,(H2,11,12,13). The molecular formula is C7H14F3NO3S. The molecule has 0 bridgehead atoms. The highest BCUT2D eigenvalue weighted by molar-refractivity contribution is 7.89. The molecule has 0 rings (SSSR count). The Kier molecular flexibility index (Phi) is 4.56.